The molecule has 2 heterocycles. The van der Waals surface area contributed by atoms with Gasteiger partial charge in [0.25, 0.3) is 5.91 Å². The van der Waals surface area contributed by atoms with Crippen LogP contribution in [0.4, 0.5) is 4.39 Å². The molecule has 34 heavy (non-hydrogen) atoms. The first kappa shape index (κ1) is 24.1. The topological polar surface area (TPSA) is 49.9 Å². The van der Waals surface area contributed by atoms with Gasteiger partial charge in [-0.15, -0.1) is 11.3 Å². The summed E-state index contributed by atoms with van der Waals surface area (Å²) < 4.78 is 19.2. The van der Waals surface area contributed by atoms with E-state index < -0.39 is 0 Å². The first-order chi connectivity index (χ1) is 16.5. The Labute approximate surface area is 203 Å². The maximum Gasteiger partial charge on any atom is 0.254 e. The predicted molar refractivity (Wildman–Crippen MR) is 131 cm³/mol. The lowest BCUT2D eigenvalue weighted by molar-refractivity contribution is -0.133. The number of carbonyl (C=O) groups is 2. The first-order valence-electron chi connectivity index (χ1n) is 11.5. The Morgan fingerprint density at radius 2 is 1.79 bits per heavy atom. The van der Waals surface area contributed by atoms with Gasteiger partial charge < -0.3 is 14.5 Å². The molecule has 0 saturated carbocycles. The summed E-state index contributed by atoms with van der Waals surface area (Å²) >= 11 is 1.58. The van der Waals surface area contributed by atoms with Crippen molar-refractivity contribution < 1.29 is 18.7 Å². The summed E-state index contributed by atoms with van der Waals surface area (Å²) in [6, 6.07) is 17.5. The van der Waals surface area contributed by atoms with Crippen LogP contribution < -0.4 is 0 Å². The minimum atomic E-state index is -0.314. The van der Waals surface area contributed by atoms with Gasteiger partial charge in [0, 0.05) is 30.1 Å². The van der Waals surface area contributed by atoms with E-state index in [2.05, 4.69) is 0 Å². The summed E-state index contributed by atoms with van der Waals surface area (Å²) in [6.07, 6.45) is 1.77. The van der Waals surface area contributed by atoms with Crippen LogP contribution >= 0.6 is 11.3 Å². The van der Waals surface area contributed by atoms with Gasteiger partial charge in [0.2, 0.25) is 5.91 Å². The fourth-order valence-corrected chi connectivity index (χ4v) is 4.75. The largest absolute Gasteiger partial charge is 0.376 e. The van der Waals surface area contributed by atoms with Crippen molar-refractivity contribution in [1.29, 1.82) is 0 Å². The number of amides is 2. The highest BCUT2D eigenvalue weighted by Gasteiger charge is 2.27. The van der Waals surface area contributed by atoms with Crippen molar-refractivity contribution in [3.05, 3.63) is 93.4 Å². The van der Waals surface area contributed by atoms with Crippen LogP contribution in [0.15, 0.2) is 66.0 Å². The molecule has 5 nitrogen and oxygen atoms in total. The summed E-state index contributed by atoms with van der Waals surface area (Å²) in [5, 5.41) is 1.97. The van der Waals surface area contributed by atoms with Gasteiger partial charge in [-0.1, -0.05) is 35.9 Å². The first-order valence-corrected chi connectivity index (χ1v) is 12.4. The molecule has 1 unspecified atom stereocenters. The quantitative estimate of drug-likeness (QED) is 0.431. The molecule has 1 aliphatic rings. The number of benzene rings is 2. The Morgan fingerprint density at radius 3 is 2.44 bits per heavy atom. The van der Waals surface area contributed by atoms with Crippen LogP contribution in [0, 0.1) is 12.7 Å². The summed E-state index contributed by atoms with van der Waals surface area (Å²) in [4.78, 5) is 31.3. The zero-order valence-electron chi connectivity index (χ0n) is 19.3. The van der Waals surface area contributed by atoms with E-state index in [1.165, 1.54) is 12.1 Å². The van der Waals surface area contributed by atoms with Gasteiger partial charge in [-0.3, -0.25) is 9.59 Å². The van der Waals surface area contributed by atoms with Crippen molar-refractivity contribution in [2.75, 3.05) is 19.7 Å². The molecule has 3 aromatic rings. The molecule has 1 aromatic heterocycles. The van der Waals surface area contributed by atoms with Crippen molar-refractivity contribution in [3.8, 4) is 0 Å². The number of halogens is 1. The van der Waals surface area contributed by atoms with Crippen LogP contribution in [0.5, 0.6) is 0 Å². The van der Waals surface area contributed by atoms with Gasteiger partial charge in [0.1, 0.15) is 12.4 Å². The Morgan fingerprint density at radius 1 is 1.03 bits per heavy atom. The lowest BCUT2D eigenvalue weighted by atomic mass is 10.1. The summed E-state index contributed by atoms with van der Waals surface area (Å²) in [5.74, 6) is -0.649. The molecule has 7 heteroatoms. The van der Waals surface area contributed by atoms with Gasteiger partial charge in [0.05, 0.1) is 12.6 Å². The van der Waals surface area contributed by atoms with Gasteiger partial charge in [0.15, 0.2) is 0 Å². The molecular formula is C27H29FN2O3S. The fraction of sp³-hybridized carbons (Fsp3) is 0.333. The summed E-state index contributed by atoms with van der Waals surface area (Å²) in [7, 11) is 0. The fourth-order valence-electron chi connectivity index (χ4n) is 4.03. The van der Waals surface area contributed by atoms with E-state index in [9.17, 15) is 14.0 Å². The van der Waals surface area contributed by atoms with Crippen molar-refractivity contribution in [3.63, 3.8) is 0 Å². The highest BCUT2D eigenvalue weighted by Crippen LogP contribution is 2.18. The number of hydrogen-bond donors (Lipinski definition) is 0. The maximum absolute atomic E-state index is 13.5. The molecule has 178 valence electrons. The Balaban J connectivity index is 1.54. The number of thiophene rings is 1. The Bertz CT molecular complexity index is 1080. The van der Waals surface area contributed by atoms with E-state index in [-0.39, 0.29) is 30.3 Å². The molecule has 4 rings (SSSR count). The highest BCUT2D eigenvalue weighted by molar-refractivity contribution is 7.09. The maximum atomic E-state index is 13.5. The molecule has 1 fully saturated rings. The second-order valence-corrected chi connectivity index (χ2v) is 9.67. The Hall–Kier alpha value is -3.03. The van der Waals surface area contributed by atoms with Crippen LogP contribution in [-0.2, 0) is 22.6 Å². The van der Waals surface area contributed by atoms with E-state index in [1.807, 2.05) is 36.6 Å². The standard InChI is InChI=1S/C27H29FN2O3S/c1-20-6-10-22(11-7-20)27(32)30(17-24-4-2-14-33-24)19-26(31)29(18-25-5-3-15-34-25)16-21-8-12-23(28)13-9-21/h3,5-13,15,24H,2,4,14,16-19H2,1H3. The number of carbonyl (C=O) groups excluding carboxylic acids is 2. The van der Waals surface area contributed by atoms with E-state index >= 15 is 0 Å². The van der Waals surface area contributed by atoms with Crippen LogP contribution in [-0.4, -0.2) is 47.4 Å². The molecule has 2 amide bonds. The van der Waals surface area contributed by atoms with Crippen LogP contribution in [0.1, 0.15) is 39.2 Å². The van der Waals surface area contributed by atoms with Gasteiger partial charge in [-0.2, -0.15) is 0 Å². The lowest BCUT2D eigenvalue weighted by Gasteiger charge is -2.29. The minimum absolute atomic E-state index is 0.0425. The average molecular weight is 481 g/mol. The van der Waals surface area contributed by atoms with E-state index in [1.54, 1.807) is 45.4 Å². The number of rotatable bonds is 9. The lowest BCUT2D eigenvalue weighted by Crippen LogP contribution is -2.45. The number of aryl methyl sites for hydroxylation is 1. The van der Waals surface area contributed by atoms with Crippen molar-refractivity contribution in [2.45, 2.75) is 39.0 Å². The highest BCUT2D eigenvalue weighted by atomic mass is 32.1. The monoisotopic (exact) mass is 480 g/mol. The van der Waals surface area contributed by atoms with E-state index in [0.717, 1.165) is 28.8 Å². The smallest absolute Gasteiger partial charge is 0.254 e. The molecule has 0 bridgehead atoms. The van der Waals surface area contributed by atoms with Gasteiger partial charge in [-0.05, 0) is 61.0 Å². The van der Waals surface area contributed by atoms with Crippen LogP contribution in [0.25, 0.3) is 0 Å². The second kappa shape index (κ2) is 11.4. The normalized spacial score (nSPS) is 15.3. The number of ether oxygens (including phenoxy) is 1. The minimum Gasteiger partial charge on any atom is -0.376 e. The average Bonchev–Trinajstić information content (AvgIpc) is 3.54. The van der Waals surface area contributed by atoms with Crippen molar-refractivity contribution >= 4 is 23.2 Å². The molecule has 0 radical (unpaired) electrons. The summed E-state index contributed by atoms with van der Waals surface area (Å²) in [6.45, 7) is 3.75. The molecule has 0 spiro atoms. The number of nitrogens with zero attached hydrogens (tertiary/aromatic N) is 2. The van der Waals surface area contributed by atoms with Gasteiger partial charge >= 0.3 is 0 Å². The second-order valence-electron chi connectivity index (χ2n) is 8.64. The predicted octanol–water partition coefficient (Wildman–Crippen LogP) is 5.05. The van der Waals surface area contributed by atoms with Gasteiger partial charge in [-0.25, -0.2) is 4.39 Å². The summed E-state index contributed by atoms with van der Waals surface area (Å²) in [5.41, 5.74) is 2.46. The molecule has 1 saturated heterocycles. The molecule has 0 aliphatic carbocycles. The Kier molecular flexibility index (Phi) is 8.08. The van der Waals surface area contributed by atoms with Crippen LogP contribution in [0.3, 0.4) is 0 Å². The zero-order valence-corrected chi connectivity index (χ0v) is 20.1. The van der Waals surface area contributed by atoms with Crippen molar-refractivity contribution in [1.82, 2.24) is 9.80 Å². The molecular weight excluding hydrogens is 451 g/mol. The third kappa shape index (κ3) is 6.52. The zero-order chi connectivity index (χ0) is 23.9. The van der Waals surface area contributed by atoms with E-state index in [4.69, 9.17) is 4.74 Å². The van der Waals surface area contributed by atoms with Crippen LogP contribution in [0.2, 0.25) is 0 Å². The third-order valence-corrected chi connectivity index (χ3v) is 6.79. The molecule has 1 atom stereocenters. The SMILES string of the molecule is Cc1ccc(C(=O)N(CC(=O)N(Cc2ccc(F)cc2)Cc2cccs2)CC2CCCO2)cc1. The molecule has 0 N–H and O–H groups in total. The molecule has 1 aliphatic heterocycles. The van der Waals surface area contributed by atoms with E-state index in [0.29, 0.717) is 31.8 Å². The molecule has 2 aromatic carbocycles. The number of hydrogen-bond acceptors (Lipinski definition) is 4. The van der Waals surface area contributed by atoms with Crippen molar-refractivity contribution in [2.24, 2.45) is 0 Å². The third-order valence-electron chi connectivity index (χ3n) is 5.93.